The van der Waals surface area contributed by atoms with Crippen LogP contribution in [0.25, 0.3) is 32.6 Å². The monoisotopic (exact) mass is 579 g/mol. The molecule has 2 aromatic heterocycles. The van der Waals surface area contributed by atoms with E-state index in [0.717, 1.165) is 27.2 Å². The average Bonchev–Trinajstić information content (AvgIpc) is 2.86. The number of pyridine rings is 2. The summed E-state index contributed by atoms with van der Waals surface area (Å²) in [5, 5.41) is 4.64. The third-order valence-corrected chi connectivity index (χ3v) is 4.54. The molecule has 2 nitrogen and oxygen atoms in total. The van der Waals surface area contributed by atoms with E-state index in [1.54, 1.807) is 0 Å². The quantitative estimate of drug-likeness (QED) is 0.144. The van der Waals surface area contributed by atoms with Gasteiger partial charge in [-0.1, -0.05) is 36.4 Å². The van der Waals surface area contributed by atoms with Crippen LogP contribution >= 0.6 is 0 Å². The SMILES string of the molecule is [Pt+2].[c-]1ccccc1.[c-]1ccccc1.c1cnc2c(c1)ccc1ccc3cccnc3c12. The molecule has 0 unspecified atom stereocenters. The summed E-state index contributed by atoms with van der Waals surface area (Å²) >= 11 is 0. The van der Waals surface area contributed by atoms with Crippen LogP contribution in [0.2, 0.25) is 0 Å². The average molecular weight is 580 g/mol. The number of aromatic nitrogens is 2. The summed E-state index contributed by atoms with van der Waals surface area (Å²) < 4.78 is 0. The minimum Gasteiger partial charge on any atom is -0.256 e. The van der Waals surface area contributed by atoms with E-state index in [2.05, 4.69) is 58.5 Å². The molecule has 152 valence electrons. The molecule has 0 aliphatic heterocycles. The molecule has 0 aliphatic rings. The Morgan fingerprint density at radius 2 is 0.871 bits per heavy atom. The Morgan fingerprint density at radius 3 is 1.23 bits per heavy atom. The van der Waals surface area contributed by atoms with Crippen molar-refractivity contribution in [2.45, 2.75) is 0 Å². The predicted octanol–water partition coefficient (Wildman–Crippen LogP) is 6.91. The zero-order chi connectivity index (χ0) is 20.4. The number of fused-ring (bicyclic) bond motifs is 5. The van der Waals surface area contributed by atoms with E-state index in [9.17, 15) is 0 Å². The van der Waals surface area contributed by atoms with Crippen molar-refractivity contribution in [1.29, 1.82) is 0 Å². The fourth-order valence-electron chi connectivity index (χ4n) is 3.17. The van der Waals surface area contributed by atoms with Crippen molar-refractivity contribution in [2.75, 3.05) is 0 Å². The Hall–Kier alpha value is -3.35. The van der Waals surface area contributed by atoms with Gasteiger partial charge in [-0.25, -0.2) is 0 Å². The second-order valence-electron chi connectivity index (χ2n) is 6.53. The van der Waals surface area contributed by atoms with Gasteiger partial charge in [0.15, 0.2) is 0 Å². The first-order valence-corrected chi connectivity index (χ1v) is 9.77. The van der Waals surface area contributed by atoms with Crippen LogP contribution in [0.3, 0.4) is 0 Å². The summed E-state index contributed by atoms with van der Waals surface area (Å²) in [6, 6.07) is 41.6. The molecule has 3 heteroatoms. The second kappa shape index (κ2) is 11.7. The van der Waals surface area contributed by atoms with Crippen LogP contribution in [0.15, 0.2) is 122 Å². The number of hydrogen-bond acceptors (Lipinski definition) is 2. The minimum absolute atomic E-state index is 0. The summed E-state index contributed by atoms with van der Waals surface area (Å²) in [5.41, 5.74) is 2.05. The molecule has 4 aromatic carbocycles. The zero-order valence-electron chi connectivity index (χ0n) is 16.8. The fraction of sp³-hybridized carbons (Fsp3) is 0. The number of hydrogen-bond donors (Lipinski definition) is 0. The first-order chi connectivity index (χ1) is 14.9. The first-order valence-electron chi connectivity index (χ1n) is 9.77. The van der Waals surface area contributed by atoms with Crippen molar-refractivity contribution < 1.29 is 21.1 Å². The van der Waals surface area contributed by atoms with Crippen molar-refractivity contribution in [1.82, 2.24) is 9.97 Å². The molecular weight excluding hydrogens is 559 g/mol. The van der Waals surface area contributed by atoms with Gasteiger partial charge in [0.1, 0.15) is 0 Å². The van der Waals surface area contributed by atoms with Crippen molar-refractivity contribution in [2.24, 2.45) is 0 Å². The van der Waals surface area contributed by atoms with Gasteiger partial charge >= 0.3 is 21.1 Å². The Kier molecular flexibility index (Phi) is 8.46. The van der Waals surface area contributed by atoms with Gasteiger partial charge in [0.2, 0.25) is 0 Å². The standard InChI is InChI=1S/C16H10N2.2C6H5.Pt/c1-3-12-7-5-11-6-8-13-4-2-10-18-16(13)14(11)15(12)17-9-1;2*1-2-4-6-5-3-1;/h1-10H;2*1-5H;/q;2*-1;+2. The smallest absolute Gasteiger partial charge is 0.256 e. The molecule has 0 aliphatic carbocycles. The van der Waals surface area contributed by atoms with Crippen molar-refractivity contribution >= 4 is 32.6 Å². The van der Waals surface area contributed by atoms with Crippen LogP contribution in [0.1, 0.15) is 0 Å². The summed E-state index contributed by atoms with van der Waals surface area (Å²) in [5.74, 6) is 0. The molecule has 0 saturated heterocycles. The van der Waals surface area contributed by atoms with E-state index in [4.69, 9.17) is 0 Å². The molecule has 0 saturated carbocycles. The van der Waals surface area contributed by atoms with Crippen LogP contribution in [0.4, 0.5) is 0 Å². The molecule has 6 aromatic rings. The largest absolute Gasteiger partial charge is 2.00 e. The zero-order valence-corrected chi connectivity index (χ0v) is 19.0. The molecule has 0 bridgehead atoms. The molecule has 2 heterocycles. The van der Waals surface area contributed by atoms with Crippen LogP contribution in [0, 0.1) is 12.1 Å². The first kappa shape index (κ1) is 22.3. The number of benzene rings is 4. The van der Waals surface area contributed by atoms with Crippen LogP contribution < -0.4 is 0 Å². The van der Waals surface area contributed by atoms with Gasteiger partial charge in [0, 0.05) is 28.6 Å². The summed E-state index contributed by atoms with van der Waals surface area (Å²) in [7, 11) is 0. The van der Waals surface area contributed by atoms with E-state index in [1.807, 2.05) is 85.2 Å². The summed E-state index contributed by atoms with van der Waals surface area (Å²) in [4.78, 5) is 9.04. The molecule has 0 atom stereocenters. The fourth-order valence-corrected chi connectivity index (χ4v) is 3.17. The second-order valence-corrected chi connectivity index (χ2v) is 6.53. The van der Waals surface area contributed by atoms with Crippen LogP contribution in [-0.2, 0) is 21.1 Å². The Morgan fingerprint density at radius 1 is 0.452 bits per heavy atom. The van der Waals surface area contributed by atoms with E-state index in [0.29, 0.717) is 0 Å². The van der Waals surface area contributed by atoms with Gasteiger partial charge in [-0.3, -0.25) is 9.97 Å². The molecule has 0 spiro atoms. The van der Waals surface area contributed by atoms with E-state index >= 15 is 0 Å². The van der Waals surface area contributed by atoms with Crippen LogP contribution in [-0.4, -0.2) is 9.97 Å². The van der Waals surface area contributed by atoms with E-state index < -0.39 is 0 Å². The van der Waals surface area contributed by atoms with Gasteiger partial charge < -0.3 is 0 Å². The number of nitrogens with zero attached hydrogens (tertiary/aromatic N) is 2. The predicted molar refractivity (Wildman–Crippen MR) is 125 cm³/mol. The van der Waals surface area contributed by atoms with E-state index in [-0.39, 0.29) is 21.1 Å². The Bertz CT molecular complexity index is 1180. The maximum absolute atomic E-state index is 4.52. The maximum Gasteiger partial charge on any atom is 2.00 e. The van der Waals surface area contributed by atoms with Gasteiger partial charge in [-0.2, -0.15) is 72.8 Å². The van der Waals surface area contributed by atoms with Gasteiger partial charge in [0.05, 0.1) is 11.0 Å². The van der Waals surface area contributed by atoms with E-state index in [1.165, 1.54) is 5.39 Å². The molecule has 0 amide bonds. The topological polar surface area (TPSA) is 25.8 Å². The Balaban J connectivity index is 0.000000173. The molecule has 0 N–H and O–H groups in total. The van der Waals surface area contributed by atoms with Crippen molar-refractivity contribution in [3.63, 3.8) is 0 Å². The molecule has 31 heavy (non-hydrogen) atoms. The maximum atomic E-state index is 4.52. The summed E-state index contributed by atoms with van der Waals surface area (Å²) in [6.45, 7) is 0. The molecule has 6 rings (SSSR count). The van der Waals surface area contributed by atoms with Gasteiger partial charge in [0.25, 0.3) is 0 Å². The molecule has 0 radical (unpaired) electrons. The minimum atomic E-state index is 0. The molecule has 0 fully saturated rings. The van der Waals surface area contributed by atoms with Crippen molar-refractivity contribution in [3.8, 4) is 0 Å². The normalized spacial score (nSPS) is 9.68. The van der Waals surface area contributed by atoms with Gasteiger partial charge in [-0.15, -0.1) is 0 Å². The number of rotatable bonds is 0. The third kappa shape index (κ3) is 5.84. The van der Waals surface area contributed by atoms with Crippen molar-refractivity contribution in [3.05, 3.63) is 134 Å². The third-order valence-electron chi connectivity index (χ3n) is 4.54. The summed E-state index contributed by atoms with van der Waals surface area (Å²) in [6.07, 6.45) is 3.67. The Labute approximate surface area is 196 Å². The van der Waals surface area contributed by atoms with Gasteiger partial charge in [-0.05, 0) is 17.5 Å². The van der Waals surface area contributed by atoms with Crippen LogP contribution in [0.5, 0.6) is 0 Å². The molecular formula is C28H20N2Pt.